The summed E-state index contributed by atoms with van der Waals surface area (Å²) in [7, 11) is 0. The fraction of sp³-hybridized carbons (Fsp3) is 0.0909. The van der Waals surface area contributed by atoms with Gasteiger partial charge in [-0.1, -0.05) is 153 Å². The second-order valence-corrected chi connectivity index (χ2v) is 16.3. The molecule has 1 heteroatoms. The summed E-state index contributed by atoms with van der Waals surface area (Å²) in [5.41, 5.74) is 14.9. The first-order chi connectivity index (χ1) is 27.5. The number of allylic oxidation sites excluding steroid dienone is 4. The number of benzene rings is 9. The van der Waals surface area contributed by atoms with E-state index in [0.717, 1.165) is 24.0 Å². The van der Waals surface area contributed by atoms with E-state index < -0.39 is 0 Å². The van der Waals surface area contributed by atoms with Crippen molar-refractivity contribution in [3.63, 3.8) is 0 Å². The van der Waals surface area contributed by atoms with E-state index >= 15 is 0 Å². The highest BCUT2D eigenvalue weighted by Gasteiger charge is 2.37. The summed E-state index contributed by atoms with van der Waals surface area (Å²) in [6, 6.07) is 56.8. The van der Waals surface area contributed by atoms with Crippen molar-refractivity contribution in [3.05, 3.63) is 187 Å². The Morgan fingerprint density at radius 2 is 1.05 bits per heavy atom. The van der Waals surface area contributed by atoms with Crippen LogP contribution < -0.4 is 0 Å². The Bertz CT molecular complexity index is 3330. The van der Waals surface area contributed by atoms with E-state index in [2.05, 4.69) is 184 Å². The average molecular weight is 715 g/mol. The van der Waals surface area contributed by atoms with Crippen LogP contribution in [0.1, 0.15) is 43.4 Å². The molecule has 0 saturated heterocycles. The molecule has 9 aromatic carbocycles. The van der Waals surface area contributed by atoms with Crippen molar-refractivity contribution >= 4 is 70.6 Å². The zero-order valence-electron chi connectivity index (χ0n) is 31.5. The lowest BCUT2D eigenvalue weighted by molar-refractivity contribution is 0.661. The molecule has 56 heavy (non-hydrogen) atoms. The molecule has 0 atom stereocenters. The molecule has 0 unspecified atom stereocenters. The van der Waals surface area contributed by atoms with Crippen molar-refractivity contribution in [2.24, 2.45) is 0 Å². The van der Waals surface area contributed by atoms with Gasteiger partial charge in [0.1, 0.15) is 11.2 Å². The number of furan rings is 1. The lowest BCUT2D eigenvalue weighted by Gasteiger charge is -2.23. The predicted octanol–water partition coefficient (Wildman–Crippen LogP) is 15.6. The highest BCUT2D eigenvalue weighted by atomic mass is 16.3. The molecule has 0 spiro atoms. The van der Waals surface area contributed by atoms with E-state index in [-0.39, 0.29) is 5.41 Å². The Morgan fingerprint density at radius 1 is 0.464 bits per heavy atom. The molecule has 1 aromatic heterocycles. The Labute approximate surface area is 325 Å². The molecule has 0 amide bonds. The molecule has 0 aliphatic heterocycles. The summed E-state index contributed by atoms with van der Waals surface area (Å²) in [6.45, 7) is 4.79. The van der Waals surface area contributed by atoms with Gasteiger partial charge in [-0.3, -0.25) is 0 Å². The number of para-hydroxylation sites is 1. The Hall–Kier alpha value is -6.70. The third-order valence-electron chi connectivity index (χ3n) is 12.9. The summed E-state index contributed by atoms with van der Waals surface area (Å²) in [5.74, 6) is 0. The van der Waals surface area contributed by atoms with E-state index in [1.165, 1.54) is 110 Å². The Morgan fingerprint density at radius 3 is 1.75 bits per heavy atom. The van der Waals surface area contributed by atoms with Crippen molar-refractivity contribution in [1.29, 1.82) is 0 Å². The minimum atomic E-state index is -0.183. The van der Waals surface area contributed by atoms with Gasteiger partial charge in [0.2, 0.25) is 0 Å². The number of fused-ring (bicyclic) bond motifs is 12. The second-order valence-electron chi connectivity index (χ2n) is 16.3. The van der Waals surface area contributed by atoms with Crippen LogP contribution in [0.3, 0.4) is 0 Å². The number of rotatable bonds is 3. The fourth-order valence-electron chi connectivity index (χ4n) is 10.2. The highest BCUT2D eigenvalue weighted by molar-refractivity contribution is 6.25. The van der Waals surface area contributed by atoms with Gasteiger partial charge in [0.05, 0.1) is 0 Å². The van der Waals surface area contributed by atoms with Crippen molar-refractivity contribution in [1.82, 2.24) is 0 Å². The first-order valence-corrected chi connectivity index (χ1v) is 19.9. The van der Waals surface area contributed by atoms with Crippen LogP contribution in [0.15, 0.2) is 174 Å². The SMILES string of the molecule is CC1(C)c2cc(-c3c4ccccc4c(-c4ccc5cc(C6=CC=CCC6)ccc5c4)c4ccccc34)ccc2-c2c1ccc1ccc3oc4ccccc4c3c21. The molecule has 1 nitrogen and oxygen atoms in total. The van der Waals surface area contributed by atoms with Gasteiger partial charge in [0, 0.05) is 21.6 Å². The van der Waals surface area contributed by atoms with Crippen LogP contribution >= 0.6 is 0 Å². The molecule has 0 fully saturated rings. The van der Waals surface area contributed by atoms with E-state index in [9.17, 15) is 0 Å². The lowest BCUT2D eigenvalue weighted by Crippen LogP contribution is -2.15. The van der Waals surface area contributed by atoms with Gasteiger partial charge in [-0.25, -0.2) is 0 Å². The molecule has 0 N–H and O–H groups in total. The molecule has 2 aliphatic rings. The van der Waals surface area contributed by atoms with Crippen molar-refractivity contribution in [2.75, 3.05) is 0 Å². The smallest absolute Gasteiger partial charge is 0.136 e. The van der Waals surface area contributed by atoms with Crippen LogP contribution in [0, 0.1) is 0 Å². The minimum absolute atomic E-state index is 0.183. The van der Waals surface area contributed by atoms with Crippen LogP contribution in [0.2, 0.25) is 0 Å². The molecule has 0 bridgehead atoms. The highest BCUT2D eigenvalue weighted by Crippen LogP contribution is 2.55. The molecule has 0 radical (unpaired) electrons. The van der Waals surface area contributed by atoms with E-state index in [1.54, 1.807) is 0 Å². The average Bonchev–Trinajstić information content (AvgIpc) is 3.74. The van der Waals surface area contributed by atoms with Crippen LogP contribution in [-0.4, -0.2) is 0 Å². The van der Waals surface area contributed by atoms with Crippen molar-refractivity contribution < 1.29 is 4.42 Å². The molecule has 12 rings (SSSR count). The maximum absolute atomic E-state index is 6.41. The van der Waals surface area contributed by atoms with Gasteiger partial charge in [-0.05, 0) is 137 Å². The largest absolute Gasteiger partial charge is 0.456 e. The van der Waals surface area contributed by atoms with E-state index in [1.807, 2.05) is 0 Å². The topological polar surface area (TPSA) is 13.1 Å². The molecule has 1 heterocycles. The van der Waals surface area contributed by atoms with Crippen LogP contribution in [0.25, 0.3) is 104 Å². The molecule has 0 saturated carbocycles. The summed E-state index contributed by atoms with van der Waals surface area (Å²) >= 11 is 0. The van der Waals surface area contributed by atoms with Crippen molar-refractivity contribution in [2.45, 2.75) is 32.1 Å². The zero-order chi connectivity index (χ0) is 37.1. The van der Waals surface area contributed by atoms with Crippen LogP contribution in [0.5, 0.6) is 0 Å². The Kier molecular flexibility index (Phi) is 6.58. The standard InChI is InChI=1S/C55H38O/c1-55(2)46-28-25-34-26-29-49-54(45-18-10-11-19-48(45)56-49)52(34)53(46)44-27-24-39(32-47(44)55)51-42-16-8-6-14-40(42)50(41-15-7-9-17-43(41)51)38-23-22-36-30-35(20-21-37(36)31-38)33-12-4-3-5-13-33/h3-4,6-12,14-32H,5,13H2,1-2H3. The third kappa shape index (κ3) is 4.43. The molecule has 2 aliphatic carbocycles. The number of hydrogen-bond donors (Lipinski definition) is 0. The molecule has 10 aromatic rings. The normalized spacial score (nSPS) is 14.6. The molecule has 264 valence electrons. The molecular weight excluding hydrogens is 677 g/mol. The van der Waals surface area contributed by atoms with Crippen molar-refractivity contribution in [3.8, 4) is 33.4 Å². The van der Waals surface area contributed by atoms with Gasteiger partial charge in [-0.2, -0.15) is 0 Å². The number of hydrogen-bond acceptors (Lipinski definition) is 1. The lowest BCUT2D eigenvalue weighted by atomic mass is 9.80. The summed E-state index contributed by atoms with van der Waals surface area (Å²) in [4.78, 5) is 0. The van der Waals surface area contributed by atoms with Gasteiger partial charge in [0.15, 0.2) is 0 Å². The summed E-state index contributed by atoms with van der Waals surface area (Å²) in [6.07, 6.45) is 8.92. The quantitative estimate of drug-likeness (QED) is 0.166. The zero-order valence-corrected chi connectivity index (χ0v) is 31.5. The van der Waals surface area contributed by atoms with E-state index in [4.69, 9.17) is 4.42 Å². The third-order valence-corrected chi connectivity index (χ3v) is 12.9. The maximum atomic E-state index is 6.41. The summed E-state index contributed by atoms with van der Waals surface area (Å²) < 4.78 is 6.41. The van der Waals surface area contributed by atoms with Gasteiger partial charge < -0.3 is 4.42 Å². The Balaban J connectivity index is 1.06. The summed E-state index contributed by atoms with van der Waals surface area (Å²) in [5, 5.41) is 12.6. The minimum Gasteiger partial charge on any atom is -0.456 e. The van der Waals surface area contributed by atoms with Gasteiger partial charge >= 0.3 is 0 Å². The van der Waals surface area contributed by atoms with Gasteiger partial charge in [-0.15, -0.1) is 0 Å². The second kappa shape index (κ2) is 11.7. The predicted molar refractivity (Wildman–Crippen MR) is 239 cm³/mol. The van der Waals surface area contributed by atoms with Crippen LogP contribution in [-0.2, 0) is 5.41 Å². The maximum Gasteiger partial charge on any atom is 0.136 e. The van der Waals surface area contributed by atoms with E-state index in [0.29, 0.717) is 0 Å². The first kappa shape index (κ1) is 31.6. The first-order valence-electron chi connectivity index (χ1n) is 19.9. The fourth-order valence-corrected chi connectivity index (χ4v) is 10.2. The molecular formula is C55H38O. The monoisotopic (exact) mass is 714 g/mol. The van der Waals surface area contributed by atoms with Gasteiger partial charge in [0.25, 0.3) is 0 Å². The van der Waals surface area contributed by atoms with Crippen LogP contribution in [0.4, 0.5) is 0 Å².